The van der Waals surface area contributed by atoms with Crippen LogP contribution in [0.1, 0.15) is 34.3 Å². The first-order chi connectivity index (χ1) is 13.5. The van der Waals surface area contributed by atoms with Crippen LogP contribution in [-0.2, 0) is 20.9 Å². The van der Waals surface area contributed by atoms with Crippen LogP contribution >= 0.6 is 11.3 Å². The van der Waals surface area contributed by atoms with Gasteiger partial charge in [0.05, 0.1) is 12.0 Å². The molecule has 0 N–H and O–H groups in total. The lowest BCUT2D eigenvalue weighted by Crippen LogP contribution is -2.39. The number of halogens is 3. The lowest BCUT2D eigenvalue weighted by atomic mass is 10.0. The Morgan fingerprint density at radius 2 is 1.90 bits per heavy atom. The van der Waals surface area contributed by atoms with Crippen LogP contribution in [0.15, 0.2) is 35.2 Å². The minimum Gasteiger partial charge on any atom is -0.465 e. The highest BCUT2D eigenvalue weighted by atomic mass is 32.2. The minimum absolute atomic E-state index is 0.0346. The fraction of sp³-hybridized carbons (Fsp3) is 0.421. The van der Waals surface area contributed by atoms with Crippen molar-refractivity contribution in [3.8, 4) is 11.1 Å². The van der Waals surface area contributed by atoms with Gasteiger partial charge in [0.1, 0.15) is 9.75 Å². The summed E-state index contributed by atoms with van der Waals surface area (Å²) in [6.45, 7) is 2.84. The Morgan fingerprint density at radius 3 is 2.45 bits per heavy atom. The molecule has 10 heteroatoms. The molecule has 0 aliphatic carbocycles. The van der Waals surface area contributed by atoms with Crippen molar-refractivity contribution in [1.29, 1.82) is 0 Å². The molecule has 1 saturated heterocycles. The predicted octanol–water partition coefficient (Wildman–Crippen LogP) is 4.64. The standard InChI is InChI=1S/C19H20F3NO4S2/c1-12-4-3-9-23(11-12)29(25,26)14-7-5-13(6-8-14)15-10-16(18(24)27-2)28-17(15)19(20,21)22/h5-8,10,12H,3-4,9,11H2,1-2H3/t12-/m0/s1. The first-order valence-electron chi connectivity index (χ1n) is 8.94. The molecule has 0 amide bonds. The Kier molecular flexibility index (Phi) is 6.07. The van der Waals surface area contributed by atoms with E-state index in [9.17, 15) is 26.4 Å². The van der Waals surface area contributed by atoms with E-state index in [1.54, 1.807) is 0 Å². The van der Waals surface area contributed by atoms with E-state index in [2.05, 4.69) is 4.74 Å². The van der Waals surface area contributed by atoms with Gasteiger partial charge in [-0.15, -0.1) is 11.3 Å². The van der Waals surface area contributed by atoms with E-state index in [1.807, 2.05) is 6.92 Å². The van der Waals surface area contributed by atoms with Crippen LogP contribution in [0.5, 0.6) is 0 Å². The number of hydrogen-bond donors (Lipinski definition) is 0. The van der Waals surface area contributed by atoms with E-state index < -0.39 is 27.0 Å². The van der Waals surface area contributed by atoms with Gasteiger partial charge in [0, 0.05) is 18.7 Å². The lowest BCUT2D eigenvalue weighted by molar-refractivity contribution is -0.133. The number of carbonyl (C=O) groups is 1. The highest BCUT2D eigenvalue weighted by molar-refractivity contribution is 7.89. The van der Waals surface area contributed by atoms with Crippen molar-refractivity contribution in [2.24, 2.45) is 5.92 Å². The summed E-state index contributed by atoms with van der Waals surface area (Å²) in [6.07, 6.45) is -2.91. The number of nitrogens with zero attached hydrogens (tertiary/aromatic N) is 1. The molecule has 1 aromatic heterocycles. The Bertz CT molecular complexity index is 997. The van der Waals surface area contributed by atoms with E-state index >= 15 is 0 Å². The summed E-state index contributed by atoms with van der Waals surface area (Å²) in [5, 5.41) is 0. The minimum atomic E-state index is -4.65. The van der Waals surface area contributed by atoms with E-state index in [4.69, 9.17) is 0 Å². The molecule has 1 aliphatic heterocycles. The monoisotopic (exact) mass is 447 g/mol. The topological polar surface area (TPSA) is 63.7 Å². The molecule has 1 aromatic carbocycles. The maximum Gasteiger partial charge on any atom is 0.426 e. The fourth-order valence-electron chi connectivity index (χ4n) is 3.34. The van der Waals surface area contributed by atoms with Gasteiger partial charge in [-0.25, -0.2) is 13.2 Å². The Morgan fingerprint density at radius 1 is 1.24 bits per heavy atom. The van der Waals surface area contributed by atoms with Gasteiger partial charge < -0.3 is 4.74 Å². The third kappa shape index (κ3) is 4.49. The first-order valence-corrected chi connectivity index (χ1v) is 11.2. The number of methoxy groups -OCH3 is 1. The molecule has 0 unspecified atom stereocenters. The van der Waals surface area contributed by atoms with Gasteiger partial charge >= 0.3 is 12.1 Å². The van der Waals surface area contributed by atoms with Gasteiger partial charge in [-0.2, -0.15) is 17.5 Å². The van der Waals surface area contributed by atoms with Crippen molar-refractivity contribution in [3.63, 3.8) is 0 Å². The van der Waals surface area contributed by atoms with Crippen molar-refractivity contribution in [3.05, 3.63) is 40.1 Å². The lowest BCUT2D eigenvalue weighted by Gasteiger charge is -2.30. The first kappa shape index (κ1) is 21.8. The molecule has 1 atom stereocenters. The number of piperidine rings is 1. The predicted molar refractivity (Wildman–Crippen MR) is 103 cm³/mol. The van der Waals surface area contributed by atoms with E-state index in [0.29, 0.717) is 24.4 Å². The average molecular weight is 448 g/mol. The second kappa shape index (κ2) is 8.08. The van der Waals surface area contributed by atoms with Crippen molar-refractivity contribution in [2.45, 2.75) is 30.8 Å². The zero-order valence-electron chi connectivity index (χ0n) is 15.8. The summed E-state index contributed by atoms with van der Waals surface area (Å²) in [4.78, 5) is 10.6. The van der Waals surface area contributed by atoms with Crippen molar-refractivity contribution in [1.82, 2.24) is 4.31 Å². The van der Waals surface area contributed by atoms with Crippen LogP contribution in [0, 0.1) is 5.92 Å². The quantitative estimate of drug-likeness (QED) is 0.641. The van der Waals surface area contributed by atoms with Gasteiger partial charge in [0.25, 0.3) is 0 Å². The number of carbonyl (C=O) groups excluding carboxylic acids is 1. The maximum atomic E-state index is 13.4. The van der Waals surface area contributed by atoms with Crippen LogP contribution < -0.4 is 0 Å². The van der Waals surface area contributed by atoms with Crippen LogP contribution in [-0.4, -0.2) is 38.9 Å². The summed E-state index contributed by atoms with van der Waals surface area (Å²) in [7, 11) is -2.61. The molecule has 1 fully saturated rings. The third-order valence-corrected chi connectivity index (χ3v) is 7.84. The van der Waals surface area contributed by atoms with Crippen molar-refractivity contribution in [2.75, 3.05) is 20.2 Å². The summed E-state index contributed by atoms with van der Waals surface area (Å²) < 4.78 is 71.8. The molecule has 0 spiro atoms. The number of sulfonamides is 1. The highest BCUT2D eigenvalue weighted by Crippen LogP contribution is 2.43. The number of rotatable bonds is 4. The SMILES string of the molecule is COC(=O)c1cc(-c2ccc(S(=O)(=O)N3CCC[C@H](C)C3)cc2)c(C(F)(F)F)s1. The second-order valence-electron chi connectivity index (χ2n) is 6.98. The Hall–Kier alpha value is -1.91. The van der Waals surface area contributed by atoms with Gasteiger partial charge in [-0.1, -0.05) is 19.1 Å². The molecule has 0 bridgehead atoms. The van der Waals surface area contributed by atoms with Crippen LogP contribution in [0.3, 0.4) is 0 Å². The van der Waals surface area contributed by atoms with Crippen LogP contribution in [0.2, 0.25) is 0 Å². The molecule has 5 nitrogen and oxygen atoms in total. The van der Waals surface area contributed by atoms with Crippen LogP contribution in [0.25, 0.3) is 11.1 Å². The van der Waals surface area contributed by atoms with Crippen molar-refractivity contribution >= 4 is 27.3 Å². The van der Waals surface area contributed by atoms with Gasteiger partial charge in [0.2, 0.25) is 10.0 Å². The molecule has 0 radical (unpaired) electrons. The van der Waals surface area contributed by atoms with Crippen molar-refractivity contribution < 1.29 is 31.1 Å². The molecule has 3 rings (SSSR count). The molecule has 2 heterocycles. The van der Waals surface area contributed by atoms with E-state index in [-0.39, 0.29) is 26.8 Å². The molecular weight excluding hydrogens is 427 g/mol. The number of benzene rings is 1. The summed E-state index contributed by atoms with van der Waals surface area (Å²) in [5.74, 6) is -0.597. The van der Waals surface area contributed by atoms with E-state index in [0.717, 1.165) is 26.0 Å². The smallest absolute Gasteiger partial charge is 0.426 e. The van der Waals surface area contributed by atoms with Gasteiger partial charge in [-0.3, -0.25) is 0 Å². The summed E-state index contributed by atoms with van der Waals surface area (Å²) >= 11 is 0.301. The molecular formula is C19H20F3NO4S2. The highest BCUT2D eigenvalue weighted by Gasteiger charge is 2.37. The number of alkyl halides is 3. The normalized spacial score (nSPS) is 18.6. The van der Waals surface area contributed by atoms with Gasteiger partial charge in [-0.05, 0) is 42.5 Å². The van der Waals surface area contributed by atoms with Gasteiger partial charge in [0.15, 0.2) is 0 Å². The number of hydrogen-bond acceptors (Lipinski definition) is 5. The second-order valence-corrected chi connectivity index (χ2v) is 9.97. The summed E-state index contributed by atoms with van der Waals surface area (Å²) in [5.41, 5.74) is -0.00636. The Labute approximate surface area is 171 Å². The molecule has 2 aromatic rings. The largest absolute Gasteiger partial charge is 0.465 e. The zero-order valence-corrected chi connectivity index (χ0v) is 17.5. The van der Waals surface area contributed by atoms with Crippen LogP contribution in [0.4, 0.5) is 13.2 Å². The fourth-order valence-corrected chi connectivity index (χ4v) is 5.90. The third-order valence-electron chi connectivity index (χ3n) is 4.80. The number of ether oxygens (including phenoxy) is 1. The Balaban J connectivity index is 1.96. The summed E-state index contributed by atoms with van der Waals surface area (Å²) in [6, 6.07) is 6.39. The van der Waals surface area contributed by atoms with E-state index in [1.165, 1.54) is 28.6 Å². The molecule has 0 saturated carbocycles. The number of thiophene rings is 1. The molecule has 158 valence electrons. The average Bonchev–Trinajstić information content (AvgIpc) is 3.13. The zero-order chi connectivity index (χ0) is 21.4. The number of esters is 1. The maximum absolute atomic E-state index is 13.4. The molecule has 29 heavy (non-hydrogen) atoms. The molecule has 1 aliphatic rings.